The summed E-state index contributed by atoms with van der Waals surface area (Å²) in [5, 5.41) is 0. The lowest BCUT2D eigenvalue weighted by atomic mass is 10.2. The molecule has 0 aliphatic heterocycles. The number of hydrogen-bond donors (Lipinski definition) is 2. The number of nitrogens with two attached hydrogens (primary N) is 2. The first-order chi connectivity index (χ1) is 9.41. The molecule has 0 aliphatic carbocycles. The average molecular weight is 295 g/mol. The molecule has 0 unspecified atom stereocenters. The van der Waals surface area contributed by atoms with Crippen molar-refractivity contribution in [1.29, 1.82) is 0 Å². The summed E-state index contributed by atoms with van der Waals surface area (Å²) in [6.07, 6.45) is 0. The molecule has 0 atom stereocenters. The minimum atomic E-state index is -3.76. The van der Waals surface area contributed by atoms with Gasteiger partial charge in [0.1, 0.15) is 0 Å². The molecule has 1 amide bonds. The monoisotopic (exact) mass is 295 g/mol. The van der Waals surface area contributed by atoms with E-state index in [0.717, 1.165) is 4.31 Å². The van der Waals surface area contributed by atoms with Crippen molar-refractivity contribution in [3.8, 4) is 11.8 Å². The number of benzene rings is 1. The fourth-order valence-corrected chi connectivity index (χ4v) is 3.04. The summed E-state index contributed by atoms with van der Waals surface area (Å²) >= 11 is 0. The van der Waals surface area contributed by atoms with E-state index in [1.54, 1.807) is 19.1 Å². The number of likely N-dealkylation sites (N-methyl/N-ethyl adjacent to an activating group) is 1. The van der Waals surface area contributed by atoms with E-state index in [9.17, 15) is 13.2 Å². The molecular formula is C13H17N3O3S. The number of hydrogen-bond acceptors (Lipinski definition) is 4. The van der Waals surface area contributed by atoms with Gasteiger partial charge < -0.3 is 11.5 Å². The highest BCUT2D eigenvalue weighted by Crippen LogP contribution is 2.16. The summed E-state index contributed by atoms with van der Waals surface area (Å²) in [5.41, 5.74) is 10.9. The molecule has 1 aromatic rings. The van der Waals surface area contributed by atoms with Crippen LogP contribution < -0.4 is 11.5 Å². The van der Waals surface area contributed by atoms with E-state index in [1.807, 2.05) is 0 Å². The Morgan fingerprint density at radius 1 is 1.40 bits per heavy atom. The van der Waals surface area contributed by atoms with Gasteiger partial charge in [-0.3, -0.25) is 4.79 Å². The van der Waals surface area contributed by atoms with E-state index in [4.69, 9.17) is 11.5 Å². The largest absolute Gasteiger partial charge is 0.369 e. The Morgan fingerprint density at radius 2 is 2.10 bits per heavy atom. The highest BCUT2D eigenvalue weighted by atomic mass is 32.2. The lowest BCUT2D eigenvalue weighted by molar-refractivity contribution is -0.118. The van der Waals surface area contributed by atoms with Crippen molar-refractivity contribution < 1.29 is 13.2 Å². The molecule has 6 nitrogen and oxygen atoms in total. The molecule has 0 aliphatic rings. The topological polar surface area (TPSA) is 106 Å². The fraction of sp³-hybridized carbons (Fsp3) is 0.308. The van der Waals surface area contributed by atoms with Gasteiger partial charge in [0, 0.05) is 12.1 Å². The highest BCUT2D eigenvalue weighted by molar-refractivity contribution is 7.89. The zero-order chi connectivity index (χ0) is 15.2. The van der Waals surface area contributed by atoms with Gasteiger partial charge in [0.15, 0.2) is 0 Å². The van der Waals surface area contributed by atoms with Crippen molar-refractivity contribution in [2.75, 3.05) is 19.6 Å². The summed E-state index contributed by atoms with van der Waals surface area (Å²) in [7, 11) is -3.76. The van der Waals surface area contributed by atoms with E-state index >= 15 is 0 Å². The maximum absolute atomic E-state index is 12.4. The number of carbonyl (C=O) groups excluding carboxylic acids is 1. The van der Waals surface area contributed by atoms with Gasteiger partial charge in [-0.1, -0.05) is 24.8 Å². The van der Waals surface area contributed by atoms with Gasteiger partial charge in [-0.05, 0) is 18.2 Å². The van der Waals surface area contributed by atoms with Crippen LogP contribution in [0.5, 0.6) is 0 Å². The number of carbonyl (C=O) groups is 1. The molecule has 1 rings (SSSR count). The van der Waals surface area contributed by atoms with Gasteiger partial charge >= 0.3 is 0 Å². The molecule has 0 fully saturated rings. The van der Waals surface area contributed by atoms with Gasteiger partial charge in [-0.15, -0.1) is 0 Å². The Balaban J connectivity index is 3.17. The predicted molar refractivity (Wildman–Crippen MR) is 76.0 cm³/mol. The number of rotatable bonds is 5. The van der Waals surface area contributed by atoms with E-state index in [2.05, 4.69) is 11.8 Å². The van der Waals surface area contributed by atoms with Crippen LogP contribution in [0.25, 0.3) is 0 Å². The molecule has 0 saturated heterocycles. The van der Waals surface area contributed by atoms with E-state index in [0.29, 0.717) is 5.56 Å². The number of nitrogens with zero attached hydrogens (tertiary/aromatic N) is 1. The molecule has 1 aromatic carbocycles. The smallest absolute Gasteiger partial charge is 0.243 e. The van der Waals surface area contributed by atoms with Crippen LogP contribution in [0.3, 0.4) is 0 Å². The molecule has 20 heavy (non-hydrogen) atoms. The van der Waals surface area contributed by atoms with Gasteiger partial charge in [-0.2, -0.15) is 4.31 Å². The van der Waals surface area contributed by atoms with Gasteiger partial charge in [0.05, 0.1) is 18.0 Å². The lowest BCUT2D eigenvalue weighted by Gasteiger charge is -2.18. The number of amides is 1. The molecule has 0 aromatic heterocycles. The van der Waals surface area contributed by atoms with Crippen molar-refractivity contribution in [1.82, 2.24) is 4.31 Å². The average Bonchev–Trinajstić information content (AvgIpc) is 2.42. The van der Waals surface area contributed by atoms with Crippen LogP contribution in [0.1, 0.15) is 12.5 Å². The van der Waals surface area contributed by atoms with Crippen molar-refractivity contribution in [3.05, 3.63) is 29.8 Å². The summed E-state index contributed by atoms with van der Waals surface area (Å²) in [6.45, 7) is 1.64. The fourth-order valence-electron chi connectivity index (χ4n) is 1.58. The second-order valence-corrected chi connectivity index (χ2v) is 5.87. The van der Waals surface area contributed by atoms with Crippen LogP contribution in [0.2, 0.25) is 0 Å². The molecule has 4 N–H and O–H groups in total. The third-order valence-corrected chi connectivity index (χ3v) is 4.41. The second kappa shape index (κ2) is 7.05. The summed E-state index contributed by atoms with van der Waals surface area (Å²) in [6, 6.07) is 6.17. The van der Waals surface area contributed by atoms with Crippen LogP contribution in [0.4, 0.5) is 0 Å². The quantitative estimate of drug-likeness (QED) is 0.714. The molecule has 108 valence electrons. The Labute approximate surface area is 118 Å². The normalized spacial score (nSPS) is 10.9. The second-order valence-electron chi connectivity index (χ2n) is 3.93. The van der Waals surface area contributed by atoms with Gasteiger partial charge in [0.2, 0.25) is 15.9 Å². The molecule has 7 heteroatoms. The van der Waals surface area contributed by atoms with Crippen LogP contribution in [0.15, 0.2) is 29.2 Å². The van der Waals surface area contributed by atoms with Gasteiger partial charge in [0.25, 0.3) is 0 Å². The Bertz CT molecular complexity index is 644. The van der Waals surface area contributed by atoms with Gasteiger partial charge in [-0.25, -0.2) is 8.42 Å². The van der Waals surface area contributed by atoms with E-state index < -0.39 is 15.9 Å². The van der Waals surface area contributed by atoms with Crippen molar-refractivity contribution in [3.63, 3.8) is 0 Å². The Morgan fingerprint density at radius 3 is 2.65 bits per heavy atom. The third-order valence-electron chi connectivity index (χ3n) is 2.49. The predicted octanol–water partition coefficient (Wildman–Crippen LogP) is -0.507. The standard InChI is InChI=1S/C13H17N3O3S/c1-2-16(10-13(15)17)20(18,19)12-7-3-5-11(9-12)6-4-8-14/h3,5,7,9H,2,8,10,14H2,1H3,(H2,15,17). The summed E-state index contributed by atoms with van der Waals surface area (Å²) in [5.74, 6) is 4.72. The zero-order valence-corrected chi connectivity index (χ0v) is 12.0. The minimum absolute atomic E-state index is 0.0735. The Kier molecular flexibility index (Phi) is 5.70. The van der Waals surface area contributed by atoms with E-state index in [-0.39, 0.29) is 24.5 Å². The SMILES string of the molecule is CCN(CC(N)=O)S(=O)(=O)c1cccc(C#CCN)c1. The molecule has 0 spiro atoms. The molecule has 0 saturated carbocycles. The molecule has 0 bridgehead atoms. The molecule has 0 heterocycles. The highest BCUT2D eigenvalue weighted by Gasteiger charge is 2.24. The lowest BCUT2D eigenvalue weighted by Crippen LogP contribution is -2.38. The molecule has 0 radical (unpaired) electrons. The minimum Gasteiger partial charge on any atom is -0.369 e. The van der Waals surface area contributed by atoms with Crippen LogP contribution in [-0.4, -0.2) is 38.3 Å². The maximum Gasteiger partial charge on any atom is 0.243 e. The van der Waals surface area contributed by atoms with Crippen molar-refractivity contribution in [2.45, 2.75) is 11.8 Å². The van der Waals surface area contributed by atoms with Crippen LogP contribution >= 0.6 is 0 Å². The van der Waals surface area contributed by atoms with Crippen LogP contribution in [0, 0.1) is 11.8 Å². The Hall–Kier alpha value is -1.88. The first-order valence-electron chi connectivity index (χ1n) is 5.99. The first kappa shape index (κ1) is 16.2. The first-order valence-corrected chi connectivity index (χ1v) is 7.43. The van der Waals surface area contributed by atoms with Crippen molar-refractivity contribution >= 4 is 15.9 Å². The maximum atomic E-state index is 12.4. The molecular weight excluding hydrogens is 278 g/mol. The number of sulfonamides is 1. The zero-order valence-electron chi connectivity index (χ0n) is 11.2. The summed E-state index contributed by atoms with van der Waals surface area (Å²) in [4.78, 5) is 11.0. The number of primary amides is 1. The van der Waals surface area contributed by atoms with Crippen LogP contribution in [-0.2, 0) is 14.8 Å². The summed E-state index contributed by atoms with van der Waals surface area (Å²) < 4.78 is 25.8. The van der Waals surface area contributed by atoms with E-state index in [1.165, 1.54) is 12.1 Å². The van der Waals surface area contributed by atoms with Crippen molar-refractivity contribution in [2.24, 2.45) is 11.5 Å². The third kappa shape index (κ3) is 4.06.